The van der Waals surface area contributed by atoms with Gasteiger partial charge in [-0.3, -0.25) is 4.79 Å². The fourth-order valence-electron chi connectivity index (χ4n) is 3.25. The maximum atomic E-state index is 13.9. The quantitative estimate of drug-likeness (QED) is 0.687. The van der Waals surface area contributed by atoms with Crippen LogP contribution in [0.3, 0.4) is 0 Å². The van der Waals surface area contributed by atoms with E-state index in [0.717, 1.165) is 43.8 Å². The van der Waals surface area contributed by atoms with Crippen LogP contribution in [0.4, 0.5) is 18.9 Å². The first-order chi connectivity index (χ1) is 13.0. The number of aromatic nitrogens is 2. The van der Waals surface area contributed by atoms with E-state index in [0.29, 0.717) is 16.9 Å². The Kier molecular flexibility index (Phi) is 4.43. The van der Waals surface area contributed by atoms with Crippen molar-refractivity contribution in [3.8, 4) is 11.3 Å². The summed E-state index contributed by atoms with van der Waals surface area (Å²) in [7, 11) is 0. The molecule has 0 spiro atoms. The number of rotatable bonds is 3. The Morgan fingerprint density at radius 1 is 1.04 bits per heavy atom. The molecule has 0 bridgehead atoms. The molecule has 0 saturated heterocycles. The van der Waals surface area contributed by atoms with Crippen molar-refractivity contribution in [1.82, 2.24) is 9.55 Å². The molecule has 1 aromatic heterocycles. The number of carbonyl (C=O) groups is 1. The number of imidazole rings is 1. The number of aryl methyl sites for hydroxylation is 2. The van der Waals surface area contributed by atoms with Crippen molar-refractivity contribution >= 4 is 11.6 Å². The SMILES string of the molecule is O=C(Nc1ccccc1-c1cn2c(n1)CCCC2)c1ccc(F)c(F)c1F. The third-order valence-electron chi connectivity index (χ3n) is 4.64. The summed E-state index contributed by atoms with van der Waals surface area (Å²) in [6, 6.07) is 8.62. The highest BCUT2D eigenvalue weighted by molar-refractivity contribution is 6.06. The van der Waals surface area contributed by atoms with Crippen LogP contribution in [0.1, 0.15) is 29.0 Å². The van der Waals surface area contributed by atoms with Gasteiger partial charge in [-0.05, 0) is 31.0 Å². The molecule has 138 valence electrons. The molecule has 4 nitrogen and oxygen atoms in total. The Balaban J connectivity index is 1.67. The second-order valence-corrected chi connectivity index (χ2v) is 6.42. The summed E-state index contributed by atoms with van der Waals surface area (Å²) in [6.07, 6.45) is 5.01. The molecule has 0 unspecified atom stereocenters. The maximum absolute atomic E-state index is 13.9. The molecule has 1 N–H and O–H groups in total. The molecule has 2 heterocycles. The minimum atomic E-state index is -1.67. The zero-order valence-corrected chi connectivity index (χ0v) is 14.3. The van der Waals surface area contributed by atoms with Crippen molar-refractivity contribution in [3.05, 3.63) is 71.4 Å². The number of nitrogens with zero attached hydrogens (tertiary/aromatic N) is 2. The van der Waals surface area contributed by atoms with Crippen LogP contribution in [0, 0.1) is 17.5 Å². The molecule has 0 saturated carbocycles. The van der Waals surface area contributed by atoms with E-state index in [1.807, 2.05) is 12.3 Å². The first-order valence-electron chi connectivity index (χ1n) is 8.65. The lowest BCUT2D eigenvalue weighted by atomic mass is 10.1. The Bertz CT molecular complexity index is 1010. The Morgan fingerprint density at radius 3 is 2.67 bits per heavy atom. The number of hydrogen-bond donors (Lipinski definition) is 1. The van der Waals surface area contributed by atoms with Crippen molar-refractivity contribution in [1.29, 1.82) is 0 Å². The number of para-hydroxylation sites is 1. The lowest BCUT2D eigenvalue weighted by Gasteiger charge is -2.11. The van der Waals surface area contributed by atoms with Crippen LogP contribution in [0.25, 0.3) is 11.3 Å². The monoisotopic (exact) mass is 371 g/mol. The van der Waals surface area contributed by atoms with Crippen LogP contribution in [0.15, 0.2) is 42.6 Å². The van der Waals surface area contributed by atoms with Gasteiger partial charge in [-0.15, -0.1) is 0 Å². The fourth-order valence-corrected chi connectivity index (χ4v) is 3.25. The van der Waals surface area contributed by atoms with Gasteiger partial charge in [0, 0.05) is 24.7 Å². The topological polar surface area (TPSA) is 46.9 Å². The fraction of sp³-hybridized carbons (Fsp3) is 0.200. The van der Waals surface area contributed by atoms with Crippen LogP contribution < -0.4 is 5.32 Å². The third-order valence-corrected chi connectivity index (χ3v) is 4.64. The van der Waals surface area contributed by atoms with E-state index in [1.165, 1.54) is 0 Å². The van der Waals surface area contributed by atoms with Crippen LogP contribution in [-0.2, 0) is 13.0 Å². The van der Waals surface area contributed by atoms with Gasteiger partial charge in [0.15, 0.2) is 17.5 Å². The van der Waals surface area contributed by atoms with Gasteiger partial charge in [-0.25, -0.2) is 18.2 Å². The molecule has 27 heavy (non-hydrogen) atoms. The maximum Gasteiger partial charge on any atom is 0.258 e. The first-order valence-corrected chi connectivity index (χ1v) is 8.65. The number of benzene rings is 2. The Labute approximate surface area is 153 Å². The smallest absolute Gasteiger partial charge is 0.258 e. The predicted molar refractivity (Wildman–Crippen MR) is 94.9 cm³/mol. The summed E-state index contributed by atoms with van der Waals surface area (Å²) >= 11 is 0. The van der Waals surface area contributed by atoms with Crippen LogP contribution in [-0.4, -0.2) is 15.5 Å². The molecule has 0 aliphatic carbocycles. The van der Waals surface area contributed by atoms with Gasteiger partial charge in [0.2, 0.25) is 0 Å². The highest BCUT2D eigenvalue weighted by atomic mass is 19.2. The zero-order valence-electron chi connectivity index (χ0n) is 14.3. The number of carbonyl (C=O) groups excluding carboxylic acids is 1. The summed E-state index contributed by atoms with van der Waals surface area (Å²) in [6.45, 7) is 0.900. The predicted octanol–water partition coefficient (Wildman–Crippen LogP) is 4.56. The number of nitrogens with one attached hydrogen (secondary N) is 1. The van der Waals surface area contributed by atoms with E-state index < -0.39 is 28.9 Å². The molecule has 1 amide bonds. The molecular weight excluding hydrogens is 355 g/mol. The molecule has 7 heteroatoms. The molecule has 0 atom stereocenters. The van der Waals surface area contributed by atoms with Gasteiger partial charge in [0.05, 0.1) is 16.9 Å². The third kappa shape index (κ3) is 3.20. The summed E-state index contributed by atoms with van der Waals surface area (Å²) in [5.41, 5.74) is 1.24. The van der Waals surface area contributed by atoms with Crippen LogP contribution in [0.5, 0.6) is 0 Å². The summed E-state index contributed by atoms with van der Waals surface area (Å²) < 4.78 is 42.5. The largest absolute Gasteiger partial charge is 0.334 e. The Hall–Kier alpha value is -3.09. The van der Waals surface area contributed by atoms with E-state index in [1.54, 1.807) is 18.2 Å². The molecule has 4 rings (SSSR count). The second kappa shape index (κ2) is 6.90. The highest BCUT2D eigenvalue weighted by Gasteiger charge is 2.21. The van der Waals surface area contributed by atoms with Crippen LogP contribution in [0.2, 0.25) is 0 Å². The molecule has 0 radical (unpaired) electrons. The minimum Gasteiger partial charge on any atom is -0.334 e. The lowest BCUT2D eigenvalue weighted by molar-refractivity contribution is 0.102. The number of fused-ring (bicyclic) bond motifs is 1. The molecule has 3 aromatic rings. The summed E-state index contributed by atoms with van der Waals surface area (Å²) in [5.74, 6) is -4.39. The van der Waals surface area contributed by atoms with Crippen LogP contribution >= 0.6 is 0 Å². The van der Waals surface area contributed by atoms with Gasteiger partial charge >= 0.3 is 0 Å². The molecule has 0 fully saturated rings. The number of halogens is 3. The average Bonchev–Trinajstić information content (AvgIpc) is 3.10. The summed E-state index contributed by atoms with van der Waals surface area (Å²) in [5, 5.41) is 2.58. The second-order valence-electron chi connectivity index (χ2n) is 6.42. The average molecular weight is 371 g/mol. The first kappa shape index (κ1) is 17.3. The van der Waals surface area contributed by atoms with Crippen molar-refractivity contribution in [2.45, 2.75) is 25.8 Å². The minimum absolute atomic E-state index is 0.419. The number of amides is 1. The Morgan fingerprint density at radius 2 is 1.85 bits per heavy atom. The van der Waals surface area contributed by atoms with E-state index in [4.69, 9.17) is 0 Å². The van der Waals surface area contributed by atoms with Gasteiger partial charge in [0.25, 0.3) is 5.91 Å². The van der Waals surface area contributed by atoms with Gasteiger partial charge in [-0.1, -0.05) is 18.2 Å². The van der Waals surface area contributed by atoms with E-state index in [-0.39, 0.29) is 0 Å². The molecule has 1 aliphatic heterocycles. The van der Waals surface area contributed by atoms with Gasteiger partial charge in [0.1, 0.15) is 5.82 Å². The molecular formula is C20H16F3N3O. The lowest BCUT2D eigenvalue weighted by Crippen LogP contribution is -2.15. The highest BCUT2D eigenvalue weighted by Crippen LogP contribution is 2.29. The van der Waals surface area contributed by atoms with E-state index in [2.05, 4.69) is 14.9 Å². The van der Waals surface area contributed by atoms with Gasteiger partial charge in [-0.2, -0.15) is 0 Å². The zero-order chi connectivity index (χ0) is 19.0. The van der Waals surface area contributed by atoms with Crippen molar-refractivity contribution in [3.63, 3.8) is 0 Å². The van der Waals surface area contributed by atoms with Crippen molar-refractivity contribution in [2.24, 2.45) is 0 Å². The van der Waals surface area contributed by atoms with Crippen molar-refractivity contribution < 1.29 is 18.0 Å². The number of hydrogen-bond acceptors (Lipinski definition) is 2. The van der Waals surface area contributed by atoms with E-state index >= 15 is 0 Å². The normalized spacial score (nSPS) is 13.3. The summed E-state index contributed by atoms with van der Waals surface area (Å²) in [4.78, 5) is 17.0. The standard InChI is InChI=1S/C20H16F3N3O/c21-14-9-8-13(18(22)19(14)23)20(27)25-15-6-2-1-5-12(15)16-11-26-10-4-3-7-17(26)24-16/h1-2,5-6,8-9,11H,3-4,7,10H2,(H,25,27). The molecule has 2 aromatic carbocycles. The van der Waals surface area contributed by atoms with Crippen molar-refractivity contribution in [2.75, 3.05) is 5.32 Å². The van der Waals surface area contributed by atoms with E-state index in [9.17, 15) is 18.0 Å². The van der Waals surface area contributed by atoms with Gasteiger partial charge < -0.3 is 9.88 Å². The number of anilines is 1. The molecule has 1 aliphatic rings.